The molecule has 0 spiro atoms. The van der Waals surface area contributed by atoms with Crippen molar-refractivity contribution < 1.29 is 31.1 Å². The fourth-order valence-electron chi connectivity index (χ4n) is 3.09. The zero-order chi connectivity index (χ0) is 21.3. The summed E-state index contributed by atoms with van der Waals surface area (Å²) in [4.78, 5) is 13.7. The van der Waals surface area contributed by atoms with Gasteiger partial charge in [0.15, 0.2) is 11.6 Å². The van der Waals surface area contributed by atoms with E-state index in [1.54, 1.807) is 0 Å². The lowest BCUT2D eigenvalue weighted by molar-refractivity contribution is -0.137. The highest BCUT2D eigenvalue weighted by molar-refractivity contribution is 5.77. The van der Waals surface area contributed by atoms with Crippen molar-refractivity contribution >= 4 is 5.91 Å². The van der Waals surface area contributed by atoms with E-state index in [1.807, 2.05) is 0 Å². The van der Waals surface area contributed by atoms with Gasteiger partial charge < -0.3 is 10.6 Å². The van der Waals surface area contributed by atoms with Crippen molar-refractivity contribution in [1.29, 1.82) is 0 Å². The summed E-state index contributed by atoms with van der Waals surface area (Å²) < 4.78 is 79.2. The fraction of sp³-hybridized carbons (Fsp3) is 0.444. The van der Waals surface area contributed by atoms with Gasteiger partial charge in [-0.3, -0.25) is 9.48 Å². The molecule has 0 saturated carbocycles. The van der Waals surface area contributed by atoms with Crippen molar-refractivity contribution in [2.75, 3.05) is 13.1 Å². The molecule has 5 nitrogen and oxygen atoms in total. The molecule has 1 aromatic carbocycles. The molecule has 1 aromatic heterocycles. The lowest BCUT2D eigenvalue weighted by atomic mass is 10.0. The average Bonchev–Trinajstić information content (AvgIpc) is 3.06. The number of halogens is 6. The first-order valence-electron chi connectivity index (χ1n) is 8.79. The third kappa shape index (κ3) is 4.72. The summed E-state index contributed by atoms with van der Waals surface area (Å²) in [7, 11) is 0. The Morgan fingerprint density at radius 3 is 2.45 bits per heavy atom. The molecule has 2 atom stereocenters. The molecule has 0 radical (unpaired) electrons. The van der Waals surface area contributed by atoms with Gasteiger partial charge in [0.1, 0.15) is 11.5 Å². The van der Waals surface area contributed by atoms with Gasteiger partial charge in [-0.25, -0.2) is 26.3 Å². The molecule has 3 rings (SSSR count). The summed E-state index contributed by atoms with van der Waals surface area (Å²) in [5, 5.41) is 3.78. The predicted molar refractivity (Wildman–Crippen MR) is 90.3 cm³/mol. The monoisotopic (exact) mass is 420 g/mol. The van der Waals surface area contributed by atoms with Crippen LogP contribution in [0.4, 0.5) is 26.3 Å². The van der Waals surface area contributed by atoms with Crippen LogP contribution >= 0.6 is 0 Å². The standard InChI is InChI=1S/C18H18F6N4O/c19-12-6-14(21)13(20)4-9(12)3-10(25)5-16(29)27-7-11(8-27)28-2-1-15(26-28)17(22)18(23)24/h1-2,4,6,10-11,17-18H,3,5,7-8,25H2/t10-,17?/m1/s1. The number of likely N-dealkylation sites (tertiary alicyclic amines) is 1. The number of aromatic nitrogens is 2. The topological polar surface area (TPSA) is 64.2 Å². The molecule has 1 aliphatic heterocycles. The van der Waals surface area contributed by atoms with E-state index < -0.39 is 36.1 Å². The zero-order valence-electron chi connectivity index (χ0n) is 15.0. The third-order valence-corrected chi connectivity index (χ3v) is 4.73. The molecular formula is C18H18F6N4O. The van der Waals surface area contributed by atoms with E-state index in [1.165, 1.54) is 15.8 Å². The second-order valence-electron chi connectivity index (χ2n) is 6.94. The summed E-state index contributed by atoms with van der Waals surface area (Å²) in [6.07, 6.45) is -4.57. The van der Waals surface area contributed by atoms with E-state index in [4.69, 9.17) is 5.73 Å². The molecule has 2 heterocycles. The summed E-state index contributed by atoms with van der Waals surface area (Å²) >= 11 is 0. The Bertz CT molecular complexity index is 883. The quantitative estimate of drug-likeness (QED) is 0.554. The van der Waals surface area contributed by atoms with E-state index in [2.05, 4.69) is 5.10 Å². The first kappa shape index (κ1) is 21.2. The number of carbonyl (C=O) groups is 1. The smallest absolute Gasteiger partial charge is 0.275 e. The minimum absolute atomic E-state index is 0.130. The molecule has 1 amide bonds. The molecule has 1 fully saturated rings. The van der Waals surface area contributed by atoms with Crippen molar-refractivity contribution in [1.82, 2.24) is 14.7 Å². The fourth-order valence-corrected chi connectivity index (χ4v) is 3.09. The maximum atomic E-state index is 13.7. The van der Waals surface area contributed by atoms with E-state index >= 15 is 0 Å². The maximum Gasteiger partial charge on any atom is 0.275 e. The van der Waals surface area contributed by atoms with Gasteiger partial charge in [-0.1, -0.05) is 0 Å². The van der Waals surface area contributed by atoms with Crippen LogP contribution in [0.15, 0.2) is 24.4 Å². The molecule has 11 heteroatoms. The van der Waals surface area contributed by atoms with Gasteiger partial charge in [0.2, 0.25) is 12.1 Å². The second-order valence-corrected chi connectivity index (χ2v) is 6.94. The highest BCUT2D eigenvalue weighted by Gasteiger charge is 2.34. The Hall–Kier alpha value is -2.56. The van der Waals surface area contributed by atoms with Crippen LogP contribution in [-0.4, -0.2) is 46.1 Å². The van der Waals surface area contributed by atoms with Gasteiger partial charge >= 0.3 is 0 Å². The van der Waals surface area contributed by atoms with Crippen LogP contribution in [-0.2, 0) is 11.2 Å². The van der Waals surface area contributed by atoms with E-state index in [0.29, 0.717) is 12.1 Å². The van der Waals surface area contributed by atoms with E-state index in [9.17, 15) is 31.1 Å². The van der Waals surface area contributed by atoms with Crippen LogP contribution in [0.25, 0.3) is 0 Å². The summed E-state index contributed by atoms with van der Waals surface area (Å²) in [6, 6.07) is 1.20. The van der Waals surface area contributed by atoms with E-state index in [0.717, 1.165) is 6.07 Å². The summed E-state index contributed by atoms with van der Waals surface area (Å²) in [5.41, 5.74) is 5.33. The second kappa shape index (κ2) is 8.44. The minimum Gasteiger partial charge on any atom is -0.338 e. The normalized spacial score (nSPS) is 16.8. The van der Waals surface area contributed by atoms with Crippen molar-refractivity contribution in [2.45, 2.75) is 37.5 Å². The average molecular weight is 420 g/mol. The molecule has 1 unspecified atom stereocenters. The lowest BCUT2D eigenvalue weighted by Crippen LogP contribution is -2.52. The number of benzene rings is 1. The molecule has 0 aliphatic carbocycles. The van der Waals surface area contributed by atoms with Crippen molar-refractivity contribution in [3.8, 4) is 0 Å². The minimum atomic E-state index is -3.17. The van der Waals surface area contributed by atoms with Crippen molar-refractivity contribution in [3.63, 3.8) is 0 Å². The van der Waals surface area contributed by atoms with Crippen LogP contribution < -0.4 is 5.73 Å². The summed E-state index contributed by atoms with van der Waals surface area (Å²) in [6.45, 7) is 0.468. The van der Waals surface area contributed by atoms with Crippen LogP contribution in [0, 0.1) is 17.5 Å². The summed E-state index contributed by atoms with van der Waals surface area (Å²) in [5.74, 6) is -3.79. The highest BCUT2D eigenvalue weighted by Crippen LogP contribution is 2.26. The molecule has 1 saturated heterocycles. The third-order valence-electron chi connectivity index (χ3n) is 4.73. The van der Waals surface area contributed by atoms with Crippen molar-refractivity contribution in [3.05, 3.63) is 53.1 Å². The first-order chi connectivity index (χ1) is 13.7. The molecular weight excluding hydrogens is 402 g/mol. The van der Waals surface area contributed by atoms with Crippen LogP contribution in [0.5, 0.6) is 0 Å². The number of hydrogen-bond acceptors (Lipinski definition) is 3. The van der Waals surface area contributed by atoms with Gasteiger partial charge in [0.25, 0.3) is 6.43 Å². The number of rotatable bonds is 7. The number of hydrogen-bond donors (Lipinski definition) is 1. The molecule has 2 N–H and O–H groups in total. The SMILES string of the molecule is N[C@@H](CC(=O)N1CC(n2ccc(C(F)C(F)F)n2)C1)Cc1cc(F)c(F)cc1F. The molecule has 1 aliphatic rings. The lowest BCUT2D eigenvalue weighted by Gasteiger charge is -2.39. The number of nitrogens with zero attached hydrogens (tertiary/aromatic N) is 3. The van der Waals surface area contributed by atoms with Gasteiger partial charge in [-0.15, -0.1) is 0 Å². The Morgan fingerprint density at radius 2 is 1.79 bits per heavy atom. The molecule has 2 aromatic rings. The largest absolute Gasteiger partial charge is 0.338 e. The Balaban J connectivity index is 1.50. The predicted octanol–water partition coefficient (Wildman–Crippen LogP) is 2.92. The van der Waals surface area contributed by atoms with Crippen LogP contribution in [0.2, 0.25) is 0 Å². The number of amides is 1. The first-order valence-corrected chi connectivity index (χ1v) is 8.79. The van der Waals surface area contributed by atoms with Gasteiger partial charge in [-0.05, 0) is 24.1 Å². The van der Waals surface area contributed by atoms with Crippen molar-refractivity contribution in [2.24, 2.45) is 5.73 Å². The highest BCUT2D eigenvalue weighted by atomic mass is 19.3. The number of carbonyl (C=O) groups excluding carboxylic acids is 1. The van der Waals surface area contributed by atoms with Crippen LogP contribution in [0.1, 0.15) is 29.9 Å². The molecule has 0 bridgehead atoms. The zero-order valence-corrected chi connectivity index (χ0v) is 15.0. The molecule has 158 valence electrons. The van der Waals surface area contributed by atoms with Gasteiger partial charge in [0, 0.05) is 37.8 Å². The Labute approximate surface area is 162 Å². The number of alkyl halides is 3. The Kier molecular flexibility index (Phi) is 6.15. The molecule has 29 heavy (non-hydrogen) atoms. The van der Waals surface area contributed by atoms with E-state index in [-0.39, 0.29) is 49.1 Å². The van der Waals surface area contributed by atoms with Gasteiger partial charge in [0.05, 0.1) is 6.04 Å². The Morgan fingerprint density at radius 1 is 1.14 bits per heavy atom. The van der Waals surface area contributed by atoms with Gasteiger partial charge in [-0.2, -0.15) is 5.10 Å². The maximum absolute atomic E-state index is 13.7. The van der Waals surface area contributed by atoms with Crippen LogP contribution in [0.3, 0.4) is 0 Å². The number of nitrogens with two attached hydrogens (primary N) is 1.